The summed E-state index contributed by atoms with van der Waals surface area (Å²) < 4.78 is 3.25. The first-order valence-electron chi connectivity index (χ1n) is 6.78. The Morgan fingerprint density at radius 1 is 1.43 bits per heavy atom. The van der Waals surface area contributed by atoms with Crippen molar-refractivity contribution >= 4 is 11.5 Å². The number of aromatic amines is 1. The molecule has 8 nitrogen and oxygen atoms in total. The van der Waals surface area contributed by atoms with Crippen LogP contribution in [0.2, 0.25) is 0 Å². The van der Waals surface area contributed by atoms with Crippen molar-refractivity contribution in [1.29, 1.82) is 0 Å². The van der Waals surface area contributed by atoms with E-state index in [0.717, 1.165) is 17.7 Å². The largest absolute Gasteiger partial charge is 0.366 e. The third kappa shape index (κ3) is 2.39. The van der Waals surface area contributed by atoms with Gasteiger partial charge >= 0.3 is 5.69 Å². The van der Waals surface area contributed by atoms with Crippen LogP contribution in [-0.2, 0) is 20.0 Å². The van der Waals surface area contributed by atoms with Crippen LogP contribution in [0, 0.1) is 6.92 Å². The van der Waals surface area contributed by atoms with E-state index in [2.05, 4.69) is 32.5 Å². The summed E-state index contributed by atoms with van der Waals surface area (Å²) in [5.74, 6) is 1.28. The molecule has 0 aliphatic rings. The highest BCUT2D eigenvalue weighted by molar-refractivity contribution is 5.49. The van der Waals surface area contributed by atoms with Gasteiger partial charge in [-0.1, -0.05) is 6.92 Å². The summed E-state index contributed by atoms with van der Waals surface area (Å²) in [7, 11) is 1.91. The Bertz CT molecular complexity index is 842. The minimum Gasteiger partial charge on any atom is -0.366 e. The molecule has 3 aromatic heterocycles. The molecule has 0 aliphatic carbocycles. The molecule has 0 aromatic carbocycles. The average Bonchev–Trinajstić information content (AvgIpc) is 3.00. The lowest BCUT2D eigenvalue weighted by molar-refractivity contribution is 0.746. The molecule has 8 heteroatoms. The third-order valence-electron chi connectivity index (χ3n) is 3.36. The molecular weight excluding hydrogens is 270 g/mol. The second-order valence-electron chi connectivity index (χ2n) is 4.89. The van der Waals surface area contributed by atoms with Crippen LogP contribution in [-0.4, -0.2) is 29.4 Å². The minimum atomic E-state index is -0.276. The molecule has 3 heterocycles. The number of H-pyrrole nitrogens is 1. The molecule has 0 bridgehead atoms. The van der Waals surface area contributed by atoms with Gasteiger partial charge in [-0.05, 0) is 13.3 Å². The summed E-state index contributed by atoms with van der Waals surface area (Å²) >= 11 is 0. The van der Waals surface area contributed by atoms with E-state index in [0.29, 0.717) is 23.8 Å². The summed E-state index contributed by atoms with van der Waals surface area (Å²) in [6, 6.07) is 1.74. The number of anilines is 1. The molecular formula is C13H17N7O. The lowest BCUT2D eigenvalue weighted by atomic mass is 10.2. The summed E-state index contributed by atoms with van der Waals surface area (Å²) in [4.78, 5) is 15.9. The fourth-order valence-corrected chi connectivity index (χ4v) is 2.40. The van der Waals surface area contributed by atoms with Crippen LogP contribution >= 0.6 is 0 Å². The summed E-state index contributed by atoms with van der Waals surface area (Å²) in [6.07, 6.45) is 2.88. The van der Waals surface area contributed by atoms with E-state index in [1.165, 1.54) is 4.40 Å². The van der Waals surface area contributed by atoms with Gasteiger partial charge in [-0.15, -0.1) is 0 Å². The molecule has 110 valence electrons. The topological polar surface area (TPSA) is 92.9 Å². The van der Waals surface area contributed by atoms with Crippen LogP contribution in [0.15, 0.2) is 17.1 Å². The van der Waals surface area contributed by atoms with E-state index in [1.54, 1.807) is 13.0 Å². The summed E-state index contributed by atoms with van der Waals surface area (Å²) in [5.41, 5.74) is 2.48. The molecule has 0 spiro atoms. The number of rotatable bonds is 4. The van der Waals surface area contributed by atoms with Crippen LogP contribution in [0.3, 0.4) is 0 Å². The van der Waals surface area contributed by atoms with E-state index in [4.69, 9.17) is 0 Å². The van der Waals surface area contributed by atoms with E-state index in [9.17, 15) is 4.79 Å². The maximum Gasteiger partial charge on any atom is 0.349 e. The van der Waals surface area contributed by atoms with Crippen molar-refractivity contribution in [1.82, 2.24) is 29.4 Å². The van der Waals surface area contributed by atoms with E-state index >= 15 is 0 Å². The molecule has 0 amide bonds. The standard InChI is InChI=1S/C13H17N7O/c1-4-10-9(7-19(3)18-10)6-14-11-5-12-16-17-13(21)20(12)8(2)15-11/h5,7,14H,4,6H2,1-3H3,(H,17,21). The van der Waals surface area contributed by atoms with Gasteiger partial charge in [0, 0.05) is 31.4 Å². The molecule has 0 fully saturated rings. The second-order valence-corrected chi connectivity index (χ2v) is 4.89. The van der Waals surface area contributed by atoms with Crippen molar-refractivity contribution in [3.63, 3.8) is 0 Å². The highest BCUT2D eigenvalue weighted by Gasteiger charge is 2.09. The first-order valence-corrected chi connectivity index (χ1v) is 6.78. The first-order chi connectivity index (χ1) is 10.1. The van der Waals surface area contributed by atoms with Gasteiger partial charge in [-0.25, -0.2) is 19.3 Å². The van der Waals surface area contributed by atoms with Crippen LogP contribution in [0.25, 0.3) is 5.65 Å². The Kier molecular flexibility index (Phi) is 3.20. The van der Waals surface area contributed by atoms with Gasteiger partial charge in [-0.3, -0.25) is 4.68 Å². The van der Waals surface area contributed by atoms with Crippen LogP contribution in [0.1, 0.15) is 24.0 Å². The van der Waals surface area contributed by atoms with Crippen molar-refractivity contribution < 1.29 is 0 Å². The Morgan fingerprint density at radius 2 is 2.24 bits per heavy atom. The Labute approximate surface area is 120 Å². The molecule has 0 aliphatic heterocycles. The van der Waals surface area contributed by atoms with Crippen molar-refractivity contribution in [3.05, 3.63) is 39.8 Å². The van der Waals surface area contributed by atoms with Gasteiger partial charge < -0.3 is 5.32 Å². The van der Waals surface area contributed by atoms with E-state index < -0.39 is 0 Å². The molecule has 0 atom stereocenters. The molecule has 2 N–H and O–H groups in total. The quantitative estimate of drug-likeness (QED) is 0.734. The lowest BCUT2D eigenvalue weighted by Crippen LogP contribution is -2.14. The van der Waals surface area contributed by atoms with Crippen molar-refractivity contribution in [2.24, 2.45) is 7.05 Å². The summed E-state index contributed by atoms with van der Waals surface area (Å²) in [6.45, 7) is 4.49. The van der Waals surface area contributed by atoms with Gasteiger partial charge in [0.2, 0.25) is 0 Å². The normalized spacial score (nSPS) is 11.2. The maximum absolute atomic E-state index is 11.5. The zero-order valence-corrected chi connectivity index (χ0v) is 12.2. The molecule has 0 radical (unpaired) electrons. The number of hydrogen-bond donors (Lipinski definition) is 2. The smallest absolute Gasteiger partial charge is 0.349 e. The van der Waals surface area contributed by atoms with Gasteiger partial charge in [0.05, 0.1) is 5.69 Å². The van der Waals surface area contributed by atoms with Gasteiger partial charge in [-0.2, -0.15) is 10.2 Å². The molecule has 0 saturated carbocycles. The second kappa shape index (κ2) is 5.04. The minimum absolute atomic E-state index is 0.276. The van der Waals surface area contributed by atoms with Gasteiger partial charge in [0.1, 0.15) is 11.6 Å². The number of nitrogens with zero attached hydrogens (tertiary/aromatic N) is 5. The number of hydrogen-bond acceptors (Lipinski definition) is 5. The SMILES string of the molecule is CCc1nn(C)cc1CNc1cc2n[nH]c(=O)n2c(C)n1. The fourth-order valence-electron chi connectivity index (χ4n) is 2.40. The molecule has 3 rings (SSSR count). The predicted molar refractivity (Wildman–Crippen MR) is 78.3 cm³/mol. The van der Waals surface area contributed by atoms with Crippen LogP contribution in [0.5, 0.6) is 0 Å². The molecule has 3 aromatic rings. The number of aryl methyl sites for hydroxylation is 3. The zero-order chi connectivity index (χ0) is 15.0. The maximum atomic E-state index is 11.5. The highest BCUT2D eigenvalue weighted by atomic mass is 16.1. The molecule has 21 heavy (non-hydrogen) atoms. The van der Waals surface area contributed by atoms with Crippen molar-refractivity contribution in [2.45, 2.75) is 26.8 Å². The van der Waals surface area contributed by atoms with Crippen molar-refractivity contribution in [3.8, 4) is 0 Å². The zero-order valence-electron chi connectivity index (χ0n) is 12.2. The lowest BCUT2D eigenvalue weighted by Gasteiger charge is -2.06. The number of aromatic nitrogens is 6. The van der Waals surface area contributed by atoms with Gasteiger partial charge in [0.25, 0.3) is 0 Å². The van der Waals surface area contributed by atoms with E-state index in [1.807, 2.05) is 17.9 Å². The predicted octanol–water partition coefficient (Wildman–Crippen LogP) is 0.634. The fraction of sp³-hybridized carbons (Fsp3) is 0.385. The Balaban J connectivity index is 1.86. The highest BCUT2D eigenvalue weighted by Crippen LogP contribution is 2.12. The average molecular weight is 287 g/mol. The van der Waals surface area contributed by atoms with Crippen LogP contribution < -0.4 is 11.0 Å². The first kappa shape index (κ1) is 13.3. The number of nitrogens with one attached hydrogen (secondary N) is 2. The third-order valence-corrected chi connectivity index (χ3v) is 3.36. The number of fused-ring (bicyclic) bond motifs is 1. The Hall–Kier alpha value is -2.64. The van der Waals surface area contributed by atoms with Crippen molar-refractivity contribution in [2.75, 3.05) is 5.32 Å². The Morgan fingerprint density at radius 3 is 3.00 bits per heavy atom. The van der Waals surface area contributed by atoms with E-state index in [-0.39, 0.29) is 5.69 Å². The monoisotopic (exact) mass is 287 g/mol. The van der Waals surface area contributed by atoms with Gasteiger partial charge in [0.15, 0.2) is 5.65 Å². The molecule has 0 unspecified atom stereocenters. The summed E-state index contributed by atoms with van der Waals surface area (Å²) in [5, 5.41) is 14.0. The molecule has 0 saturated heterocycles. The van der Waals surface area contributed by atoms with Crippen LogP contribution in [0.4, 0.5) is 5.82 Å².